The Morgan fingerprint density at radius 1 is 1.22 bits per heavy atom. The molecule has 0 atom stereocenters. The van der Waals surface area contributed by atoms with E-state index in [4.69, 9.17) is 4.84 Å². The van der Waals surface area contributed by atoms with Gasteiger partial charge in [0.15, 0.2) is 5.78 Å². The van der Waals surface area contributed by atoms with E-state index in [2.05, 4.69) is 9.89 Å². The summed E-state index contributed by atoms with van der Waals surface area (Å²) in [5.74, 6) is -0.585. The number of hydrogen-bond acceptors (Lipinski definition) is 5. The SMILES string of the molecule is COC(=O)c1ccccc1CO/N=C(\C)C(C)=O. The zero-order chi connectivity index (χ0) is 13.5. The lowest BCUT2D eigenvalue weighted by molar-refractivity contribution is -0.111. The minimum absolute atomic E-state index is 0.107. The molecule has 0 aromatic heterocycles. The molecular formula is C13H15NO4. The van der Waals surface area contributed by atoms with Crippen molar-refractivity contribution in [2.75, 3.05) is 7.11 Å². The van der Waals surface area contributed by atoms with Crippen LogP contribution in [0.2, 0.25) is 0 Å². The number of nitrogens with zero attached hydrogens (tertiary/aromatic N) is 1. The van der Waals surface area contributed by atoms with E-state index < -0.39 is 5.97 Å². The smallest absolute Gasteiger partial charge is 0.338 e. The van der Waals surface area contributed by atoms with Gasteiger partial charge in [0.25, 0.3) is 0 Å². The second-order valence-electron chi connectivity index (χ2n) is 3.66. The topological polar surface area (TPSA) is 65.0 Å². The van der Waals surface area contributed by atoms with Crippen molar-refractivity contribution in [2.24, 2.45) is 5.16 Å². The van der Waals surface area contributed by atoms with Gasteiger partial charge in [0, 0.05) is 12.5 Å². The van der Waals surface area contributed by atoms with Crippen LogP contribution in [0.3, 0.4) is 0 Å². The van der Waals surface area contributed by atoms with Gasteiger partial charge in [-0.1, -0.05) is 23.4 Å². The Kier molecular flexibility index (Phi) is 5.05. The maximum absolute atomic E-state index is 11.5. The zero-order valence-corrected chi connectivity index (χ0v) is 10.6. The first-order valence-corrected chi connectivity index (χ1v) is 5.40. The molecule has 1 rings (SSSR count). The Morgan fingerprint density at radius 2 is 1.89 bits per heavy atom. The van der Waals surface area contributed by atoms with Gasteiger partial charge in [0.2, 0.25) is 0 Å². The van der Waals surface area contributed by atoms with Gasteiger partial charge in [0.1, 0.15) is 12.3 Å². The predicted molar refractivity (Wildman–Crippen MR) is 66.4 cm³/mol. The Bertz CT molecular complexity index is 480. The van der Waals surface area contributed by atoms with Crippen molar-refractivity contribution in [3.8, 4) is 0 Å². The Balaban J connectivity index is 2.76. The predicted octanol–water partition coefficient (Wildman–Crippen LogP) is 1.95. The molecular weight excluding hydrogens is 234 g/mol. The second-order valence-corrected chi connectivity index (χ2v) is 3.66. The number of hydrogen-bond donors (Lipinski definition) is 0. The number of ketones is 1. The average molecular weight is 249 g/mol. The van der Waals surface area contributed by atoms with E-state index in [-0.39, 0.29) is 18.1 Å². The minimum atomic E-state index is -0.429. The average Bonchev–Trinajstić information content (AvgIpc) is 2.38. The van der Waals surface area contributed by atoms with E-state index in [9.17, 15) is 9.59 Å². The molecule has 0 amide bonds. The molecule has 0 unspecified atom stereocenters. The normalized spacial score (nSPS) is 10.9. The van der Waals surface area contributed by atoms with Crippen molar-refractivity contribution in [3.63, 3.8) is 0 Å². The van der Waals surface area contributed by atoms with Crippen molar-refractivity contribution < 1.29 is 19.2 Å². The summed E-state index contributed by atoms with van der Waals surface area (Å²) in [6.07, 6.45) is 0. The fraction of sp³-hybridized carbons (Fsp3) is 0.308. The van der Waals surface area contributed by atoms with Crippen LogP contribution in [0.5, 0.6) is 0 Å². The number of carbonyl (C=O) groups excluding carboxylic acids is 2. The molecule has 5 nitrogen and oxygen atoms in total. The third-order valence-corrected chi connectivity index (χ3v) is 2.35. The lowest BCUT2D eigenvalue weighted by Gasteiger charge is -2.06. The monoisotopic (exact) mass is 249 g/mol. The summed E-state index contributed by atoms with van der Waals surface area (Å²) in [4.78, 5) is 27.4. The fourth-order valence-electron chi connectivity index (χ4n) is 1.22. The molecule has 0 radical (unpaired) electrons. The first kappa shape index (κ1) is 13.9. The third-order valence-electron chi connectivity index (χ3n) is 2.35. The first-order valence-electron chi connectivity index (χ1n) is 5.40. The van der Waals surface area contributed by atoms with Gasteiger partial charge in [-0.25, -0.2) is 4.79 Å². The minimum Gasteiger partial charge on any atom is -0.465 e. The molecule has 18 heavy (non-hydrogen) atoms. The van der Waals surface area contributed by atoms with Crippen molar-refractivity contribution in [2.45, 2.75) is 20.5 Å². The molecule has 0 fully saturated rings. The van der Waals surface area contributed by atoms with Crippen molar-refractivity contribution in [3.05, 3.63) is 35.4 Å². The van der Waals surface area contributed by atoms with Crippen molar-refractivity contribution in [1.82, 2.24) is 0 Å². The molecule has 96 valence electrons. The van der Waals surface area contributed by atoms with Gasteiger partial charge in [0.05, 0.1) is 12.7 Å². The highest BCUT2D eigenvalue weighted by molar-refractivity contribution is 6.37. The highest BCUT2D eigenvalue weighted by Crippen LogP contribution is 2.11. The van der Waals surface area contributed by atoms with Crippen LogP contribution in [0.15, 0.2) is 29.4 Å². The Labute approximate surface area is 105 Å². The van der Waals surface area contributed by atoms with Crippen LogP contribution in [0.1, 0.15) is 29.8 Å². The van der Waals surface area contributed by atoms with Crippen LogP contribution < -0.4 is 0 Å². The van der Waals surface area contributed by atoms with Crippen LogP contribution in [0.25, 0.3) is 0 Å². The summed E-state index contributed by atoms with van der Waals surface area (Å²) in [5, 5.41) is 3.66. The highest BCUT2D eigenvalue weighted by Gasteiger charge is 2.11. The molecule has 5 heteroatoms. The molecule has 0 saturated heterocycles. The summed E-state index contributed by atoms with van der Waals surface area (Å²) in [5.41, 5.74) is 1.37. The van der Waals surface area contributed by atoms with Crippen LogP contribution >= 0.6 is 0 Å². The number of rotatable bonds is 5. The third kappa shape index (κ3) is 3.69. The molecule has 0 heterocycles. The number of ether oxygens (including phenoxy) is 1. The molecule has 0 bridgehead atoms. The molecule has 0 spiro atoms. The summed E-state index contributed by atoms with van der Waals surface area (Å²) in [6, 6.07) is 6.91. The van der Waals surface area contributed by atoms with E-state index in [1.165, 1.54) is 14.0 Å². The van der Waals surface area contributed by atoms with Gasteiger partial charge in [-0.3, -0.25) is 4.79 Å². The van der Waals surface area contributed by atoms with Crippen LogP contribution in [-0.4, -0.2) is 24.6 Å². The number of benzene rings is 1. The fourth-order valence-corrected chi connectivity index (χ4v) is 1.22. The lowest BCUT2D eigenvalue weighted by atomic mass is 10.1. The van der Waals surface area contributed by atoms with Crippen LogP contribution in [0, 0.1) is 0 Å². The zero-order valence-electron chi connectivity index (χ0n) is 10.6. The Hall–Kier alpha value is -2.17. The number of methoxy groups -OCH3 is 1. The van der Waals surface area contributed by atoms with E-state index in [0.29, 0.717) is 11.1 Å². The summed E-state index contributed by atoms with van der Waals surface area (Å²) < 4.78 is 4.66. The maximum atomic E-state index is 11.5. The number of oxime groups is 1. The summed E-state index contributed by atoms with van der Waals surface area (Å²) in [7, 11) is 1.32. The van der Waals surface area contributed by atoms with Gasteiger partial charge in [-0.05, 0) is 13.0 Å². The van der Waals surface area contributed by atoms with Crippen molar-refractivity contribution in [1.29, 1.82) is 0 Å². The van der Waals surface area contributed by atoms with Gasteiger partial charge in [-0.15, -0.1) is 0 Å². The standard InChI is InChI=1S/C13H15NO4/c1-9(10(2)15)14-18-8-11-6-4-5-7-12(11)13(16)17-3/h4-7H,8H2,1-3H3/b14-9+. The second kappa shape index (κ2) is 6.54. The molecule has 0 aliphatic heterocycles. The van der Waals surface area contributed by atoms with Crippen LogP contribution in [0.4, 0.5) is 0 Å². The van der Waals surface area contributed by atoms with E-state index in [1.807, 2.05) is 0 Å². The largest absolute Gasteiger partial charge is 0.465 e. The maximum Gasteiger partial charge on any atom is 0.338 e. The van der Waals surface area contributed by atoms with E-state index in [0.717, 1.165) is 0 Å². The quantitative estimate of drug-likeness (QED) is 0.454. The molecule has 0 saturated carbocycles. The van der Waals surface area contributed by atoms with Crippen molar-refractivity contribution >= 4 is 17.5 Å². The van der Waals surface area contributed by atoms with Gasteiger partial charge >= 0.3 is 5.97 Å². The van der Waals surface area contributed by atoms with E-state index >= 15 is 0 Å². The van der Waals surface area contributed by atoms with Crippen LogP contribution in [-0.2, 0) is 21.0 Å². The van der Waals surface area contributed by atoms with Gasteiger partial charge in [-0.2, -0.15) is 0 Å². The van der Waals surface area contributed by atoms with Gasteiger partial charge < -0.3 is 9.57 Å². The lowest BCUT2D eigenvalue weighted by Crippen LogP contribution is -2.08. The number of Topliss-reactive ketones (excluding diaryl/α,β-unsaturated/α-hetero) is 1. The molecule has 0 aliphatic carbocycles. The molecule has 1 aromatic rings. The first-order chi connectivity index (χ1) is 8.56. The summed E-state index contributed by atoms with van der Waals surface area (Å²) in [6.45, 7) is 3.08. The van der Waals surface area contributed by atoms with E-state index in [1.54, 1.807) is 31.2 Å². The molecule has 0 N–H and O–H groups in total. The summed E-state index contributed by atoms with van der Waals surface area (Å²) >= 11 is 0. The Morgan fingerprint density at radius 3 is 2.50 bits per heavy atom. The number of esters is 1. The molecule has 0 aliphatic rings. The molecule has 1 aromatic carbocycles. The number of carbonyl (C=O) groups is 2. The highest BCUT2D eigenvalue weighted by atomic mass is 16.6.